The van der Waals surface area contributed by atoms with Gasteiger partial charge in [0.05, 0.1) is 6.61 Å². The van der Waals surface area contributed by atoms with Gasteiger partial charge in [-0.2, -0.15) is 8.42 Å². The molecule has 0 spiro atoms. The van der Waals surface area contributed by atoms with Crippen molar-refractivity contribution in [3.8, 4) is 5.75 Å². The maximum absolute atomic E-state index is 11.4. The first-order valence-electron chi connectivity index (χ1n) is 8.03. The number of benzene rings is 1. The van der Waals surface area contributed by atoms with Gasteiger partial charge in [0, 0.05) is 0 Å². The second-order valence-electron chi connectivity index (χ2n) is 5.26. The highest BCUT2D eigenvalue weighted by atomic mass is 32.3. The number of hydrogen-bond donors (Lipinski definition) is 0. The summed E-state index contributed by atoms with van der Waals surface area (Å²) < 4.78 is 31.7. The summed E-state index contributed by atoms with van der Waals surface area (Å²) >= 11 is 0. The summed E-state index contributed by atoms with van der Waals surface area (Å²) in [5.74, 6) is 0.395. The molecular formula is C17H26O5S. The number of unbranched alkanes of at least 4 members (excludes halogenated alkanes) is 5. The smallest absolute Gasteiger partial charge is 0.319 e. The van der Waals surface area contributed by atoms with E-state index in [0.29, 0.717) is 5.75 Å². The minimum atomic E-state index is -4.19. The van der Waals surface area contributed by atoms with Gasteiger partial charge in [0.1, 0.15) is 0 Å². The predicted molar refractivity (Wildman–Crippen MR) is 90.3 cm³/mol. The Bertz CT molecular complexity index is 554. The Morgan fingerprint density at radius 3 is 2.52 bits per heavy atom. The third-order valence-corrected chi connectivity index (χ3v) is 3.97. The van der Waals surface area contributed by atoms with E-state index in [0.717, 1.165) is 24.8 Å². The lowest BCUT2D eigenvalue weighted by molar-refractivity contribution is -0.106. The molecule has 0 aromatic heterocycles. The van der Waals surface area contributed by atoms with Crippen LogP contribution >= 0.6 is 0 Å². The van der Waals surface area contributed by atoms with Crippen LogP contribution in [0, 0.1) is 0 Å². The Balaban J connectivity index is 2.45. The van der Waals surface area contributed by atoms with Crippen molar-refractivity contribution in [3.05, 3.63) is 42.5 Å². The van der Waals surface area contributed by atoms with Crippen LogP contribution in [-0.2, 0) is 25.3 Å². The fraction of sp³-hybridized carbons (Fsp3) is 0.529. The SMILES string of the molecule is C=CCOS(=O)(=O)OOc1ccccc1CCCCCCCC. The monoisotopic (exact) mass is 342 g/mol. The second-order valence-corrected chi connectivity index (χ2v) is 6.45. The van der Waals surface area contributed by atoms with Crippen LogP contribution < -0.4 is 4.89 Å². The molecule has 0 N–H and O–H groups in total. The van der Waals surface area contributed by atoms with Crippen molar-refractivity contribution >= 4 is 10.4 Å². The Morgan fingerprint density at radius 1 is 1.09 bits per heavy atom. The fourth-order valence-electron chi connectivity index (χ4n) is 2.12. The summed E-state index contributed by atoms with van der Waals surface area (Å²) in [6.45, 7) is 5.40. The standard InChI is InChI=1S/C17H26O5S/c1-3-5-6-7-8-9-12-16-13-10-11-14-17(16)21-22-23(18,19)20-15-4-2/h4,10-11,13-14H,2-3,5-9,12,15H2,1H3. The van der Waals surface area contributed by atoms with E-state index >= 15 is 0 Å². The number of para-hydroxylation sites is 1. The summed E-state index contributed by atoms with van der Waals surface area (Å²) in [6, 6.07) is 7.24. The maximum Gasteiger partial charge on any atom is 0.435 e. The Hall–Kier alpha value is -1.37. The van der Waals surface area contributed by atoms with Gasteiger partial charge in [0.15, 0.2) is 5.75 Å². The van der Waals surface area contributed by atoms with Crippen molar-refractivity contribution in [2.24, 2.45) is 0 Å². The summed E-state index contributed by atoms with van der Waals surface area (Å²) in [6.07, 6.45) is 9.30. The normalized spacial score (nSPS) is 11.3. The lowest BCUT2D eigenvalue weighted by Crippen LogP contribution is -2.13. The average molecular weight is 342 g/mol. The van der Waals surface area contributed by atoms with Crippen LogP contribution in [0.4, 0.5) is 0 Å². The van der Waals surface area contributed by atoms with Gasteiger partial charge in [-0.05, 0) is 28.8 Å². The van der Waals surface area contributed by atoms with Crippen molar-refractivity contribution in [1.82, 2.24) is 0 Å². The van der Waals surface area contributed by atoms with Crippen molar-refractivity contribution in [2.75, 3.05) is 6.61 Å². The van der Waals surface area contributed by atoms with Gasteiger partial charge in [-0.3, -0.25) is 0 Å². The molecule has 1 rings (SSSR count). The molecule has 5 nitrogen and oxygen atoms in total. The molecule has 6 heteroatoms. The van der Waals surface area contributed by atoms with E-state index in [4.69, 9.17) is 4.89 Å². The highest BCUT2D eigenvalue weighted by Crippen LogP contribution is 2.21. The highest BCUT2D eigenvalue weighted by Gasteiger charge is 2.15. The Labute approximate surface area is 139 Å². The molecule has 23 heavy (non-hydrogen) atoms. The van der Waals surface area contributed by atoms with Crippen LogP contribution in [0.5, 0.6) is 5.75 Å². The van der Waals surface area contributed by atoms with E-state index < -0.39 is 10.4 Å². The van der Waals surface area contributed by atoms with E-state index in [2.05, 4.69) is 22.0 Å². The van der Waals surface area contributed by atoms with E-state index in [9.17, 15) is 8.42 Å². The molecular weight excluding hydrogens is 316 g/mol. The molecule has 130 valence electrons. The van der Waals surface area contributed by atoms with Crippen LogP contribution in [0.2, 0.25) is 0 Å². The molecule has 0 radical (unpaired) electrons. The first-order chi connectivity index (χ1) is 11.1. The minimum absolute atomic E-state index is 0.162. The zero-order chi connectivity index (χ0) is 17.0. The summed E-state index contributed by atoms with van der Waals surface area (Å²) in [5, 5.41) is 0. The second kappa shape index (κ2) is 11.2. The first-order valence-corrected chi connectivity index (χ1v) is 9.36. The van der Waals surface area contributed by atoms with E-state index in [1.54, 1.807) is 12.1 Å². The van der Waals surface area contributed by atoms with E-state index in [-0.39, 0.29) is 6.61 Å². The van der Waals surface area contributed by atoms with Crippen molar-refractivity contribution in [1.29, 1.82) is 0 Å². The summed E-state index contributed by atoms with van der Waals surface area (Å²) in [5.41, 5.74) is 0.918. The predicted octanol–water partition coefficient (Wildman–Crippen LogP) is 4.35. The van der Waals surface area contributed by atoms with Gasteiger partial charge >= 0.3 is 10.4 Å². The van der Waals surface area contributed by atoms with Crippen LogP contribution in [0.3, 0.4) is 0 Å². The quantitative estimate of drug-likeness (QED) is 0.231. The lowest BCUT2D eigenvalue weighted by atomic mass is 10.0. The molecule has 0 atom stereocenters. The molecule has 0 aliphatic rings. The van der Waals surface area contributed by atoms with Crippen LogP contribution in [0.15, 0.2) is 36.9 Å². The van der Waals surface area contributed by atoms with Crippen LogP contribution in [0.25, 0.3) is 0 Å². The molecule has 0 aliphatic heterocycles. The molecule has 0 saturated heterocycles. The molecule has 0 amide bonds. The molecule has 0 aliphatic carbocycles. The summed E-state index contributed by atoms with van der Waals surface area (Å²) in [4.78, 5) is 4.95. The zero-order valence-electron chi connectivity index (χ0n) is 13.7. The van der Waals surface area contributed by atoms with Crippen molar-refractivity contribution in [3.63, 3.8) is 0 Å². The van der Waals surface area contributed by atoms with Gasteiger partial charge in [-0.1, -0.05) is 63.3 Å². The molecule has 0 heterocycles. The largest absolute Gasteiger partial charge is 0.435 e. The average Bonchev–Trinajstić information content (AvgIpc) is 2.55. The first kappa shape index (κ1) is 19.7. The maximum atomic E-state index is 11.4. The number of hydrogen-bond acceptors (Lipinski definition) is 5. The topological polar surface area (TPSA) is 61.8 Å². The van der Waals surface area contributed by atoms with E-state index in [1.165, 1.54) is 31.8 Å². The van der Waals surface area contributed by atoms with Gasteiger partial charge in [-0.25, -0.2) is 4.18 Å². The minimum Gasteiger partial charge on any atom is -0.319 e. The van der Waals surface area contributed by atoms with Crippen LogP contribution in [0.1, 0.15) is 51.0 Å². The van der Waals surface area contributed by atoms with Gasteiger partial charge < -0.3 is 4.89 Å². The molecule has 0 fully saturated rings. The third-order valence-electron chi connectivity index (χ3n) is 3.31. The van der Waals surface area contributed by atoms with Crippen LogP contribution in [-0.4, -0.2) is 15.0 Å². The zero-order valence-corrected chi connectivity index (χ0v) is 14.5. The Morgan fingerprint density at radius 2 is 1.78 bits per heavy atom. The highest BCUT2D eigenvalue weighted by molar-refractivity contribution is 7.81. The van der Waals surface area contributed by atoms with Crippen molar-refractivity contribution in [2.45, 2.75) is 51.9 Å². The molecule has 1 aromatic carbocycles. The third kappa shape index (κ3) is 8.74. The molecule has 0 bridgehead atoms. The van der Waals surface area contributed by atoms with Gasteiger partial charge in [-0.15, -0.1) is 6.58 Å². The Kier molecular flexibility index (Phi) is 9.59. The van der Waals surface area contributed by atoms with Gasteiger partial charge in [0.2, 0.25) is 0 Å². The molecule has 1 aromatic rings. The number of rotatable bonds is 13. The van der Waals surface area contributed by atoms with Gasteiger partial charge in [0.25, 0.3) is 0 Å². The fourth-order valence-corrected chi connectivity index (χ4v) is 2.58. The van der Waals surface area contributed by atoms with E-state index in [1.807, 2.05) is 12.1 Å². The molecule has 0 unspecified atom stereocenters. The lowest BCUT2D eigenvalue weighted by Gasteiger charge is -2.09. The summed E-state index contributed by atoms with van der Waals surface area (Å²) in [7, 11) is -4.19. The molecule has 0 saturated carbocycles. The number of aryl methyl sites for hydroxylation is 1. The van der Waals surface area contributed by atoms with Crippen molar-refractivity contribution < 1.29 is 21.8 Å².